The van der Waals surface area contributed by atoms with E-state index in [9.17, 15) is 9.18 Å². The van der Waals surface area contributed by atoms with Crippen LogP contribution in [0.3, 0.4) is 0 Å². The minimum atomic E-state index is -0.607. The maximum Gasteiger partial charge on any atom is 0.254 e. The van der Waals surface area contributed by atoms with Crippen molar-refractivity contribution in [3.8, 4) is 0 Å². The summed E-state index contributed by atoms with van der Waals surface area (Å²) in [6, 6.07) is 3.31. The number of halogens is 1. The van der Waals surface area contributed by atoms with Gasteiger partial charge in [0.25, 0.3) is 5.91 Å². The van der Waals surface area contributed by atoms with Crippen molar-refractivity contribution in [1.82, 2.24) is 14.8 Å². The Morgan fingerprint density at radius 2 is 2.11 bits per heavy atom. The van der Waals surface area contributed by atoms with E-state index in [1.165, 1.54) is 12.3 Å². The topological polar surface area (TPSA) is 36.4 Å². The summed E-state index contributed by atoms with van der Waals surface area (Å²) in [5.41, 5.74) is 0.379. The molecule has 1 saturated heterocycles. The van der Waals surface area contributed by atoms with Gasteiger partial charge >= 0.3 is 0 Å². The van der Waals surface area contributed by atoms with Gasteiger partial charge in [-0.15, -0.1) is 0 Å². The number of piperazine rings is 1. The van der Waals surface area contributed by atoms with Crippen molar-refractivity contribution >= 4 is 5.91 Å². The maximum absolute atomic E-state index is 13.0. The summed E-state index contributed by atoms with van der Waals surface area (Å²) in [4.78, 5) is 19.9. The second-order valence-electron chi connectivity index (χ2n) is 4.95. The zero-order valence-electron chi connectivity index (χ0n) is 11.5. The van der Waals surface area contributed by atoms with Crippen LogP contribution in [0.5, 0.6) is 0 Å². The number of carbonyl (C=O) groups is 1. The fraction of sp³-hybridized carbons (Fsp3) is 0.571. The van der Waals surface area contributed by atoms with Crippen LogP contribution < -0.4 is 0 Å². The fourth-order valence-corrected chi connectivity index (χ4v) is 2.34. The Bertz CT molecular complexity index is 444. The Morgan fingerprint density at radius 3 is 2.68 bits per heavy atom. The molecule has 1 aliphatic rings. The zero-order valence-corrected chi connectivity index (χ0v) is 11.5. The van der Waals surface area contributed by atoms with Gasteiger partial charge in [0.05, 0.1) is 0 Å². The first-order valence-electron chi connectivity index (χ1n) is 6.76. The first kappa shape index (κ1) is 13.9. The molecule has 1 amide bonds. The van der Waals surface area contributed by atoms with Crippen LogP contribution >= 0.6 is 0 Å². The van der Waals surface area contributed by atoms with E-state index in [0.29, 0.717) is 24.7 Å². The molecule has 0 radical (unpaired) electrons. The predicted octanol–water partition coefficient (Wildman–Crippen LogP) is 1.78. The van der Waals surface area contributed by atoms with Gasteiger partial charge in [-0.3, -0.25) is 9.69 Å². The highest BCUT2D eigenvalue weighted by molar-refractivity contribution is 5.94. The molecule has 1 aliphatic heterocycles. The second-order valence-corrected chi connectivity index (χ2v) is 4.95. The number of aromatic nitrogens is 1. The smallest absolute Gasteiger partial charge is 0.254 e. The lowest BCUT2D eigenvalue weighted by atomic mass is 10.1. The molecule has 1 aromatic heterocycles. The summed E-state index contributed by atoms with van der Waals surface area (Å²) in [6.45, 7) is 7.54. The molecule has 1 unspecified atom stereocenters. The van der Waals surface area contributed by atoms with Crippen LogP contribution in [0.4, 0.5) is 4.39 Å². The molecule has 2 heterocycles. The van der Waals surface area contributed by atoms with Gasteiger partial charge in [-0.25, -0.2) is 4.98 Å². The van der Waals surface area contributed by atoms with Crippen molar-refractivity contribution in [3.05, 3.63) is 29.8 Å². The monoisotopic (exact) mass is 265 g/mol. The Kier molecular flexibility index (Phi) is 4.47. The van der Waals surface area contributed by atoms with Crippen LogP contribution in [0.1, 0.15) is 30.6 Å². The highest BCUT2D eigenvalue weighted by Crippen LogP contribution is 2.12. The Balaban J connectivity index is 1.96. The SMILES string of the molecule is CCC(C)N1CCN(C(=O)c2ccnc(F)c2)CC1. The summed E-state index contributed by atoms with van der Waals surface area (Å²) in [7, 11) is 0. The number of amides is 1. The molecule has 0 N–H and O–H groups in total. The van der Waals surface area contributed by atoms with E-state index in [1.807, 2.05) is 0 Å². The lowest BCUT2D eigenvalue weighted by Gasteiger charge is -2.37. The molecule has 4 nitrogen and oxygen atoms in total. The fourth-order valence-electron chi connectivity index (χ4n) is 2.34. The Morgan fingerprint density at radius 1 is 1.42 bits per heavy atom. The van der Waals surface area contributed by atoms with E-state index < -0.39 is 5.95 Å². The zero-order chi connectivity index (χ0) is 13.8. The van der Waals surface area contributed by atoms with Crippen molar-refractivity contribution in [2.24, 2.45) is 0 Å². The average Bonchev–Trinajstić information content (AvgIpc) is 2.46. The van der Waals surface area contributed by atoms with Gasteiger partial charge in [0.1, 0.15) is 0 Å². The first-order valence-corrected chi connectivity index (χ1v) is 6.76. The molecule has 104 valence electrons. The summed E-state index contributed by atoms with van der Waals surface area (Å²) >= 11 is 0. The number of nitrogens with zero attached hydrogens (tertiary/aromatic N) is 3. The van der Waals surface area contributed by atoms with Gasteiger partial charge in [-0.05, 0) is 19.4 Å². The van der Waals surface area contributed by atoms with E-state index in [1.54, 1.807) is 11.0 Å². The summed E-state index contributed by atoms with van der Waals surface area (Å²) < 4.78 is 13.0. The average molecular weight is 265 g/mol. The molecular weight excluding hydrogens is 245 g/mol. The minimum Gasteiger partial charge on any atom is -0.336 e. The minimum absolute atomic E-state index is 0.106. The third kappa shape index (κ3) is 3.29. The molecule has 1 aromatic rings. The van der Waals surface area contributed by atoms with E-state index in [4.69, 9.17) is 0 Å². The van der Waals surface area contributed by atoms with E-state index >= 15 is 0 Å². The standard InChI is InChI=1S/C14H20FN3O/c1-3-11(2)17-6-8-18(9-7-17)14(19)12-4-5-16-13(15)10-12/h4-5,10-11H,3,6-9H2,1-2H3. The van der Waals surface area contributed by atoms with Gasteiger partial charge in [0.15, 0.2) is 0 Å². The van der Waals surface area contributed by atoms with Gasteiger partial charge in [-0.1, -0.05) is 6.92 Å². The van der Waals surface area contributed by atoms with E-state index in [-0.39, 0.29) is 5.91 Å². The van der Waals surface area contributed by atoms with Crippen molar-refractivity contribution in [1.29, 1.82) is 0 Å². The van der Waals surface area contributed by atoms with Gasteiger partial charge in [0, 0.05) is 50.0 Å². The van der Waals surface area contributed by atoms with Gasteiger partial charge in [0.2, 0.25) is 5.95 Å². The van der Waals surface area contributed by atoms with E-state index in [0.717, 1.165) is 19.5 Å². The van der Waals surface area contributed by atoms with Crippen LogP contribution in [0.25, 0.3) is 0 Å². The van der Waals surface area contributed by atoms with Crippen molar-refractivity contribution < 1.29 is 9.18 Å². The summed E-state index contributed by atoms with van der Waals surface area (Å²) in [5, 5.41) is 0. The molecule has 5 heteroatoms. The van der Waals surface area contributed by atoms with E-state index in [2.05, 4.69) is 23.7 Å². The lowest BCUT2D eigenvalue weighted by molar-refractivity contribution is 0.0579. The number of hydrogen-bond donors (Lipinski definition) is 0. The molecule has 0 bridgehead atoms. The highest BCUT2D eigenvalue weighted by atomic mass is 19.1. The number of carbonyl (C=O) groups excluding carboxylic acids is 1. The molecule has 0 aliphatic carbocycles. The first-order chi connectivity index (χ1) is 9.11. The molecular formula is C14H20FN3O. The lowest BCUT2D eigenvalue weighted by Crippen LogP contribution is -2.51. The molecule has 19 heavy (non-hydrogen) atoms. The maximum atomic E-state index is 13.0. The van der Waals surface area contributed by atoms with Crippen LogP contribution in [0.15, 0.2) is 18.3 Å². The van der Waals surface area contributed by atoms with Crippen molar-refractivity contribution in [2.75, 3.05) is 26.2 Å². The number of pyridine rings is 1. The van der Waals surface area contributed by atoms with Gasteiger partial charge in [-0.2, -0.15) is 4.39 Å². The van der Waals surface area contributed by atoms with Crippen molar-refractivity contribution in [2.45, 2.75) is 26.3 Å². The molecule has 1 fully saturated rings. The quantitative estimate of drug-likeness (QED) is 0.782. The normalized spacial score (nSPS) is 18.4. The third-order valence-corrected chi connectivity index (χ3v) is 3.79. The largest absolute Gasteiger partial charge is 0.336 e. The number of hydrogen-bond acceptors (Lipinski definition) is 3. The van der Waals surface area contributed by atoms with Crippen LogP contribution in [-0.4, -0.2) is 52.9 Å². The van der Waals surface area contributed by atoms with Gasteiger partial charge < -0.3 is 4.90 Å². The molecule has 1 atom stereocenters. The number of rotatable bonds is 3. The van der Waals surface area contributed by atoms with Crippen molar-refractivity contribution in [3.63, 3.8) is 0 Å². The molecule has 2 rings (SSSR count). The van der Waals surface area contributed by atoms with Crippen LogP contribution in [-0.2, 0) is 0 Å². The Hall–Kier alpha value is -1.49. The van der Waals surface area contributed by atoms with Crippen LogP contribution in [0.2, 0.25) is 0 Å². The highest BCUT2D eigenvalue weighted by Gasteiger charge is 2.24. The Labute approximate surface area is 113 Å². The van der Waals surface area contributed by atoms with Crippen LogP contribution in [0, 0.1) is 5.95 Å². The third-order valence-electron chi connectivity index (χ3n) is 3.79. The summed E-state index contributed by atoms with van der Waals surface area (Å²) in [6.07, 6.45) is 2.45. The summed E-state index contributed by atoms with van der Waals surface area (Å²) in [5.74, 6) is -0.714. The molecule has 0 aromatic carbocycles. The second kappa shape index (κ2) is 6.10. The molecule has 0 saturated carbocycles. The predicted molar refractivity (Wildman–Crippen MR) is 71.4 cm³/mol. The molecule has 0 spiro atoms.